The molecule has 2 aromatic heterocycles. The quantitative estimate of drug-likeness (QED) is 0.856. The number of hydrogen-bond acceptors (Lipinski definition) is 5. The summed E-state index contributed by atoms with van der Waals surface area (Å²) >= 11 is 1.24. The van der Waals surface area contributed by atoms with E-state index in [9.17, 15) is 9.59 Å². The number of esters is 1. The monoisotopic (exact) mass is 265 g/mol. The third-order valence-electron chi connectivity index (χ3n) is 2.14. The van der Waals surface area contributed by atoms with Crippen LogP contribution in [0.2, 0.25) is 0 Å². The summed E-state index contributed by atoms with van der Waals surface area (Å²) in [4.78, 5) is 23.3. The van der Waals surface area contributed by atoms with Gasteiger partial charge in [-0.2, -0.15) is 0 Å². The summed E-state index contributed by atoms with van der Waals surface area (Å²) in [7, 11) is 0. The molecule has 1 amide bonds. The molecule has 0 saturated carbocycles. The summed E-state index contributed by atoms with van der Waals surface area (Å²) < 4.78 is 10.2. The molecule has 2 heterocycles. The van der Waals surface area contributed by atoms with Gasteiger partial charge in [-0.1, -0.05) is 0 Å². The Morgan fingerprint density at radius 3 is 2.72 bits per heavy atom. The van der Waals surface area contributed by atoms with Crippen molar-refractivity contribution in [2.24, 2.45) is 5.73 Å². The standard InChI is InChI=1S/C12H11NO4S/c1-7-2-3-8(17-7)9-4-5-10(18-9)12(15)16-6-11(13)14/h2-5H,6H2,1H3,(H2,13,14). The van der Waals surface area contributed by atoms with E-state index in [1.807, 2.05) is 19.1 Å². The van der Waals surface area contributed by atoms with Gasteiger partial charge in [-0.25, -0.2) is 4.79 Å². The summed E-state index contributed by atoms with van der Waals surface area (Å²) in [5, 5.41) is 0. The minimum absolute atomic E-state index is 0.403. The first-order valence-corrected chi connectivity index (χ1v) is 6.00. The Balaban J connectivity index is 2.10. The van der Waals surface area contributed by atoms with Crippen LogP contribution in [0.4, 0.5) is 0 Å². The van der Waals surface area contributed by atoms with Gasteiger partial charge < -0.3 is 14.9 Å². The summed E-state index contributed by atoms with van der Waals surface area (Å²) in [5.74, 6) is 0.262. The van der Waals surface area contributed by atoms with Crippen LogP contribution >= 0.6 is 11.3 Å². The van der Waals surface area contributed by atoms with Gasteiger partial charge in [-0.15, -0.1) is 11.3 Å². The summed E-state index contributed by atoms with van der Waals surface area (Å²) in [6, 6.07) is 7.07. The highest BCUT2D eigenvalue weighted by Crippen LogP contribution is 2.29. The van der Waals surface area contributed by atoms with Crippen molar-refractivity contribution in [1.82, 2.24) is 0 Å². The molecule has 6 heteroatoms. The van der Waals surface area contributed by atoms with Gasteiger partial charge in [0, 0.05) is 0 Å². The van der Waals surface area contributed by atoms with E-state index < -0.39 is 18.5 Å². The second kappa shape index (κ2) is 5.05. The van der Waals surface area contributed by atoms with Gasteiger partial charge in [0.05, 0.1) is 4.88 Å². The van der Waals surface area contributed by atoms with Crippen LogP contribution in [0, 0.1) is 6.92 Å². The van der Waals surface area contributed by atoms with Crippen LogP contribution in [0.5, 0.6) is 0 Å². The van der Waals surface area contributed by atoms with Crippen LogP contribution in [0.25, 0.3) is 10.6 Å². The zero-order valence-corrected chi connectivity index (χ0v) is 10.5. The molecule has 0 fully saturated rings. The summed E-state index contributed by atoms with van der Waals surface area (Å²) in [6.45, 7) is 1.44. The van der Waals surface area contributed by atoms with Gasteiger partial charge in [0.15, 0.2) is 6.61 Å². The number of primary amides is 1. The van der Waals surface area contributed by atoms with E-state index in [1.165, 1.54) is 11.3 Å². The average Bonchev–Trinajstić information content (AvgIpc) is 2.93. The largest absolute Gasteiger partial charge is 0.461 e. The average molecular weight is 265 g/mol. The molecule has 94 valence electrons. The van der Waals surface area contributed by atoms with Gasteiger partial charge in [0.2, 0.25) is 0 Å². The second-order valence-electron chi connectivity index (χ2n) is 3.62. The summed E-state index contributed by atoms with van der Waals surface area (Å²) in [5.41, 5.74) is 4.89. The molecule has 2 N–H and O–H groups in total. The number of aryl methyl sites for hydroxylation is 1. The number of rotatable bonds is 4. The fourth-order valence-corrected chi connectivity index (χ4v) is 2.22. The zero-order chi connectivity index (χ0) is 13.1. The topological polar surface area (TPSA) is 82.5 Å². The molecule has 0 atom stereocenters. The Morgan fingerprint density at radius 1 is 1.33 bits per heavy atom. The first-order valence-electron chi connectivity index (χ1n) is 5.18. The highest BCUT2D eigenvalue weighted by molar-refractivity contribution is 7.17. The van der Waals surface area contributed by atoms with E-state index in [0.717, 1.165) is 10.6 Å². The number of ether oxygens (including phenoxy) is 1. The molecule has 2 rings (SSSR count). The fourth-order valence-electron chi connectivity index (χ4n) is 1.35. The highest BCUT2D eigenvalue weighted by atomic mass is 32.1. The van der Waals surface area contributed by atoms with Crippen molar-refractivity contribution in [3.05, 3.63) is 34.9 Å². The van der Waals surface area contributed by atoms with Crippen LogP contribution in [0.1, 0.15) is 15.4 Å². The Hall–Kier alpha value is -2.08. The van der Waals surface area contributed by atoms with E-state index in [4.69, 9.17) is 14.9 Å². The normalized spacial score (nSPS) is 10.3. The maximum Gasteiger partial charge on any atom is 0.348 e. The third-order valence-corrected chi connectivity index (χ3v) is 3.22. The maximum atomic E-state index is 11.5. The van der Waals surface area contributed by atoms with E-state index >= 15 is 0 Å². The van der Waals surface area contributed by atoms with E-state index in [2.05, 4.69) is 0 Å². The number of amides is 1. The zero-order valence-electron chi connectivity index (χ0n) is 9.64. The van der Waals surface area contributed by atoms with Gasteiger partial charge in [-0.05, 0) is 31.2 Å². The molecule has 18 heavy (non-hydrogen) atoms. The highest BCUT2D eigenvalue weighted by Gasteiger charge is 2.13. The van der Waals surface area contributed by atoms with E-state index in [1.54, 1.807) is 12.1 Å². The minimum atomic E-state index is -0.679. The molecule has 0 aliphatic rings. The number of thiophene rings is 1. The van der Waals surface area contributed by atoms with Crippen molar-refractivity contribution in [2.75, 3.05) is 6.61 Å². The predicted octanol–water partition coefficient (Wildman–Crippen LogP) is 1.96. The smallest absolute Gasteiger partial charge is 0.348 e. The van der Waals surface area contributed by atoms with Gasteiger partial charge in [-0.3, -0.25) is 4.79 Å². The van der Waals surface area contributed by atoms with Gasteiger partial charge in [0.1, 0.15) is 16.4 Å². The Morgan fingerprint density at radius 2 is 2.11 bits per heavy atom. The summed E-state index contributed by atoms with van der Waals surface area (Å²) in [6.07, 6.45) is 0. The fraction of sp³-hybridized carbons (Fsp3) is 0.167. The molecule has 0 bridgehead atoms. The molecule has 0 saturated heterocycles. The molecule has 0 radical (unpaired) electrons. The number of furan rings is 1. The van der Waals surface area contributed by atoms with Crippen molar-refractivity contribution in [2.45, 2.75) is 6.92 Å². The van der Waals surface area contributed by atoms with Crippen LogP contribution in [-0.2, 0) is 9.53 Å². The lowest BCUT2D eigenvalue weighted by Crippen LogP contribution is -2.20. The van der Waals surface area contributed by atoms with Crippen molar-refractivity contribution in [1.29, 1.82) is 0 Å². The Bertz CT molecular complexity index is 584. The SMILES string of the molecule is Cc1ccc(-c2ccc(C(=O)OCC(N)=O)s2)o1. The van der Waals surface area contributed by atoms with Crippen molar-refractivity contribution in [3.8, 4) is 10.6 Å². The van der Waals surface area contributed by atoms with Crippen LogP contribution in [0.3, 0.4) is 0 Å². The first-order chi connectivity index (χ1) is 8.56. The van der Waals surface area contributed by atoms with E-state index in [0.29, 0.717) is 10.6 Å². The Labute approximate surface area is 107 Å². The van der Waals surface area contributed by atoms with Crippen LogP contribution < -0.4 is 5.73 Å². The molecule has 0 aromatic carbocycles. The molecule has 5 nitrogen and oxygen atoms in total. The predicted molar refractivity (Wildman–Crippen MR) is 66.2 cm³/mol. The minimum Gasteiger partial charge on any atom is -0.461 e. The molecule has 2 aromatic rings. The molecule has 0 aliphatic heterocycles. The molecule has 0 unspecified atom stereocenters. The lowest BCUT2D eigenvalue weighted by Gasteiger charge is -1.98. The van der Waals surface area contributed by atoms with Crippen molar-refractivity contribution >= 4 is 23.2 Å². The van der Waals surface area contributed by atoms with Crippen molar-refractivity contribution < 1.29 is 18.7 Å². The number of carbonyl (C=O) groups excluding carboxylic acids is 2. The lowest BCUT2D eigenvalue weighted by molar-refractivity contribution is -0.121. The Kier molecular flexibility index (Phi) is 3.47. The molecule has 0 spiro atoms. The van der Waals surface area contributed by atoms with Gasteiger partial charge >= 0.3 is 5.97 Å². The van der Waals surface area contributed by atoms with Crippen LogP contribution in [0.15, 0.2) is 28.7 Å². The number of carbonyl (C=O) groups is 2. The first kappa shape index (κ1) is 12.4. The number of hydrogen-bond donors (Lipinski definition) is 1. The lowest BCUT2D eigenvalue weighted by atomic mass is 10.3. The van der Waals surface area contributed by atoms with E-state index in [-0.39, 0.29) is 0 Å². The van der Waals surface area contributed by atoms with Crippen molar-refractivity contribution in [3.63, 3.8) is 0 Å². The maximum absolute atomic E-state index is 11.5. The molecular formula is C12H11NO4S. The van der Waals surface area contributed by atoms with Crippen LogP contribution in [-0.4, -0.2) is 18.5 Å². The molecular weight excluding hydrogens is 254 g/mol. The second-order valence-corrected chi connectivity index (χ2v) is 4.70. The van der Waals surface area contributed by atoms with Gasteiger partial charge in [0.25, 0.3) is 5.91 Å². The number of nitrogens with two attached hydrogens (primary N) is 1. The molecule has 0 aliphatic carbocycles. The third kappa shape index (κ3) is 2.78.